The van der Waals surface area contributed by atoms with E-state index in [0.29, 0.717) is 5.75 Å². The van der Waals surface area contributed by atoms with Gasteiger partial charge >= 0.3 is 0 Å². The zero-order chi connectivity index (χ0) is 10.1. The van der Waals surface area contributed by atoms with Crippen LogP contribution in [0.15, 0.2) is 37.0 Å². The highest BCUT2D eigenvalue weighted by Gasteiger charge is 1.98. The molecule has 0 radical (unpaired) electrons. The van der Waals surface area contributed by atoms with Crippen LogP contribution in [0.25, 0.3) is 0 Å². The molecule has 0 aliphatic rings. The molecule has 0 rings (SSSR count). The van der Waals surface area contributed by atoms with Gasteiger partial charge in [0.1, 0.15) is 0 Å². The van der Waals surface area contributed by atoms with Gasteiger partial charge in [-0.2, -0.15) is 0 Å². The number of hydrogen-bond acceptors (Lipinski definition) is 2. The Morgan fingerprint density at radius 2 is 2.15 bits per heavy atom. The fraction of sp³-hybridized carbons (Fsp3) is 0.300. The van der Waals surface area contributed by atoms with E-state index in [9.17, 15) is 4.79 Å². The zero-order valence-corrected chi connectivity index (χ0v) is 8.69. The monoisotopic (exact) mass is 197 g/mol. The topological polar surface area (TPSA) is 29.1 Å². The highest BCUT2D eigenvalue weighted by Crippen LogP contribution is 2.08. The smallest absolute Gasteiger partial charge is 0.229 e. The number of carbonyl (C=O) groups is 1. The van der Waals surface area contributed by atoms with Gasteiger partial charge in [-0.15, -0.1) is 11.8 Å². The largest absolute Gasteiger partial charge is 0.358 e. The van der Waals surface area contributed by atoms with E-state index >= 15 is 0 Å². The van der Waals surface area contributed by atoms with E-state index in [4.69, 9.17) is 0 Å². The number of hydrogen-bond donors (Lipinski definition) is 1. The first kappa shape index (κ1) is 12.0. The van der Waals surface area contributed by atoms with Crippen molar-refractivity contribution in [3.63, 3.8) is 0 Å². The molecule has 0 heterocycles. The number of nitrogens with one attached hydrogen (secondary N) is 1. The molecular formula is C10H15NOS. The van der Waals surface area contributed by atoms with Crippen molar-refractivity contribution >= 4 is 17.7 Å². The van der Waals surface area contributed by atoms with Gasteiger partial charge in [0.2, 0.25) is 5.91 Å². The summed E-state index contributed by atoms with van der Waals surface area (Å²) in [4.78, 5) is 10.8. The third kappa shape index (κ3) is 6.22. The van der Waals surface area contributed by atoms with Crippen LogP contribution in [0.1, 0.15) is 0 Å². The van der Waals surface area contributed by atoms with E-state index < -0.39 is 0 Å². The average molecular weight is 197 g/mol. The Hall–Kier alpha value is -0.960. The second-order valence-electron chi connectivity index (χ2n) is 2.35. The van der Waals surface area contributed by atoms with E-state index in [1.807, 2.05) is 6.08 Å². The third-order valence-corrected chi connectivity index (χ3v) is 2.38. The summed E-state index contributed by atoms with van der Waals surface area (Å²) in [5.74, 6) is 1.33. The minimum absolute atomic E-state index is 0.0482. The molecule has 0 unspecified atom stereocenters. The first-order valence-corrected chi connectivity index (χ1v) is 5.12. The summed E-state index contributed by atoms with van der Waals surface area (Å²) < 4.78 is 0. The maximum atomic E-state index is 10.8. The van der Waals surface area contributed by atoms with Crippen LogP contribution in [0.2, 0.25) is 0 Å². The Bertz CT molecular complexity index is 221. The molecule has 0 spiro atoms. The van der Waals surface area contributed by atoms with Crippen molar-refractivity contribution in [1.82, 2.24) is 5.32 Å². The van der Waals surface area contributed by atoms with Gasteiger partial charge in [0.05, 0.1) is 5.75 Å². The van der Waals surface area contributed by atoms with Crippen LogP contribution in [0, 0.1) is 0 Å². The molecule has 0 aliphatic heterocycles. The standard InChI is InChI=1S/C10H15NOS/c1-4-6-9(5-2)7-13-8-10(12)11-3/h4-6H,1-2,7-8H2,3H3,(H,11,12)/b9-6+. The number of amides is 1. The van der Waals surface area contributed by atoms with E-state index in [2.05, 4.69) is 18.5 Å². The van der Waals surface area contributed by atoms with E-state index in [1.165, 1.54) is 0 Å². The summed E-state index contributed by atoms with van der Waals surface area (Å²) >= 11 is 1.56. The second-order valence-corrected chi connectivity index (χ2v) is 3.33. The predicted octanol–water partition coefficient (Wildman–Crippen LogP) is 1.76. The average Bonchev–Trinajstić information content (AvgIpc) is 2.16. The molecule has 1 amide bonds. The maximum absolute atomic E-state index is 10.8. The first-order chi connectivity index (χ1) is 6.24. The summed E-state index contributed by atoms with van der Waals surface area (Å²) in [5, 5.41) is 2.56. The molecule has 1 N–H and O–H groups in total. The van der Waals surface area contributed by atoms with E-state index in [0.717, 1.165) is 11.3 Å². The van der Waals surface area contributed by atoms with Gasteiger partial charge in [0, 0.05) is 12.8 Å². The molecule has 0 bridgehead atoms. The lowest BCUT2D eigenvalue weighted by Crippen LogP contribution is -2.20. The van der Waals surface area contributed by atoms with Gasteiger partial charge in [-0.25, -0.2) is 0 Å². The van der Waals surface area contributed by atoms with Crippen molar-refractivity contribution in [3.8, 4) is 0 Å². The number of allylic oxidation sites excluding steroid dienone is 3. The molecule has 72 valence electrons. The Kier molecular flexibility index (Phi) is 7.11. The van der Waals surface area contributed by atoms with Crippen LogP contribution in [-0.4, -0.2) is 24.5 Å². The quantitative estimate of drug-likeness (QED) is 0.657. The number of carbonyl (C=O) groups excluding carboxylic acids is 1. The maximum Gasteiger partial charge on any atom is 0.229 e. The van der Waals surface area contributed by atoms with Crippen LogP contribution < -0.4 is 5.32 Å². The highest BCUT2D eigenvalue weighted by molar-refractivity contribution is 8.00. The van der Waals surface area contributed by atoms with Crippen molar-refractivity contribution in [2.45, 2.75) is 0 Å². The minimum atomic E-state index is 0.0482. The minimum Gasteiger partial charge on any atom is -0.358 e. The normalized spacial score (nSPS) is 10.7. The summed E-state index contributed by atoms with van der Waals surface area (Å²) in [5.41, 5.74) is 1.09. The van der Waals surface area contributed by atoms with E-state index in [-0.39, 0.29) is 5.91 Å². The summed E-state index contributed by atoms with van der Waals surface area (Å²) in [6.45, 7) is 7.26. The zero-order valence-electron chi connectivity index (χ0n) is 7.88. The van der Waals surface area contributed by atoms with Crippen LogP contribution in [0.5, 0.6) is 0 Å². The SMILES string of the molecule is C=C/C=C(\C=C)CSCC(=O)NC. The first-order valence-electron chi connectivity index (χ1n) is 3.97. The molecule has 0 fully saturated rings. The molecule has 0 saturated heterocycles. The number of rotatable bonds is 6. The van der Waals surface area contributed by atoms with Crippen molar-refractivity contribution in [2.75, 3.05) is 18.6 Å². The van der Waals surface area contributed by atoms with Crippen molar-refractivity contribution < 1.29 is 4.79 Å². The lowest BCUT2D eigenvalue weighted by molar-refractivity contribution is -0.118. The van der Waals surface area contributed by atoms with Gasteiger partial charge in [-0.3, -0.25) is 4.79 Å². The third-order valence-electron chi connectivity index (χ3n) is 1.37. The molecule has 2 nitrogen and oxygen atoms in total. The molecular weight excluding hydrogens is 182 g/mol. The molecule has 0 aromatic carbocycles. The Balaban J connectivity index is 3.73. The van der Waals surface area contributed by atoms with Crippen LogP contribution in [0.3, 0.4) is 0 Å². The van der Waals surface area contributed by atoms with Gasteiger partial charge in [0.25, 0.3) is 0 Å². The molecule has 0 aromatic heterocycles. The lowest BCUT2D eigenvalue weighted by atomic mass is 10.3. The summed E-state index contributed by atoms with van der Waals surface area (Å²) in [6, 6.07) is 0. The molecule has 0 saturated carbocycles. The number of thioether (sulfide) groups is 1. The Labute approximate surface area is 83.8 Å². The van der Waals surface area contributed by atoms with Crippen molar-refractivity contribution in [3.05, 3.63) is 37.0 Å². The van der Waals surface area contributed by atoms with Crippen LogP contribution in [-0.2, 0) is 4.79 Å². The Morgan fingerprint density at radius 1 is 1.46 bits per heavy atom. The van der Waals surface area contributed by atoms with E-state index in [1.54, 1.807) is 31.0 Å². The molecule has 0 aromatic rings. The Morgan fingerprint density at radius 3 is 2.62 bits per heavy atom. The summed E-state index contributed by atoms with van der Waals surface area (Å²) in [7, 11) is 1.64. The lowest BCUT2D eigenvalue weighted by Gasteiger charge is -2.00. The molecule has 0 atom stereocenters. The van der Waals surface area contributed by atoms with Gasteiger partial charge < -0.3 is 5.32 Å². The van der Waals surface area contributed by atoms with Gasteiger partial charge in [-0.1, -0.05) is 31.4 Å². The highest BCUT2D eigenvalue weighted by atomic mass is 32.2. The second kappa shape index (κ2) is 7.68. The summed E-state index contributed by atoms with van der Waals surface area (Å²) in [6.07, 6.45) is 5.39. The fourth-order valence-electron chi connectivity index (χ4n) is 0.660. The van der Waals surface area contributed by atoms with Crippen molar-refractivity contribution in [2.24, 2.45) is 0 Å². The predicted molar refractivity (Wildman–Crippen MR) is 59.9 cm³/mol. The van der Waals surface area contributed by atoms with Crippen LogP contribution >= 0.6 is 11.8 Å². The molecule has 13 heavy (non-hydrogen) atoms. The van der Waals surface area contributed by atoms with Crippen LogP contribution in [0.4, 0.5) is 0 Å². The molecule has 0 aliphatic carbocycles. The van der Waals surface area contributed by atoms with Gasteiger partial charge in [0.15, 0.2) is 0 Å². The van der Waals surface area contributed by atoms with Gasteiger partial charge in [-0.05, 0) is 5.57 Å². The van der Waals surface area contributed by atoms with Crippen molar-refractivity contribution in [1.29, 1.82) is 0 Å². The fourth-order valence-corrected chi connectivity index (χ4v) is 1.54. The molecule has 3 heteroatoms.